The van der Waals surface area contributed by atoms with Crippen molar-refractivity contribution in [3.63, 3.8) is 0 Å². The summed E-state index contributed by atoms with van der Waals surface area (Å²) in [7, 11) is 0. The van der Waals surface area contributed by atoms with Crippen molar-refractivity contribution in [3.05, 3.63) is 46.8 Å². The Bertz CT molecular complexity index is 1310. The molecule has 2 aromatic heterocycles. The molecule has 2 unspecified atom stereocenters. The van der Waals surface area contributed by atoms with E-state index in [9.17, 15) is 18.4 Å². The molecule has 0 spiro atoms. The highest BCUT2D eigenvalue weighted by molar-refractivity contribution is 5.90. The van der Waals surface area contributed by atoms with Crippen LogP contribution in [-0.2, 0) is 17.8 Å². The number of amides is 1. The van der Waals surface area contributed by atoms with Gasteiger partial charge in [-0.3, -0.25) is 19.7 Å². The number of nitrogens with zero attached hydrogens (tertiary/aromatic N) is 6. The predicted molar refractivity (Wildman–Crippen MR) is 118 cm³/mol. The average molecular weight is 493 g/mol. The highest BCUT2D eigenvalue weighted by Gasteiger charge is 2.33. The zero-order valence-corrected chi connectivity index (χ0v) is 18.4. The van der Waals surface area contributed by atoms with Gasteiger partial charge in [-0.05, 0) is 18.2 Å². The van der Waals surface area contributed by atoms with Crippen LogP contribution in [0.2, 0.25) is 0 Å². The lowest BCUT2D eigenvalue weighted by atomic mass is 10.2. The van der Waals surface area contributed by atoms with Crippen molar-refractivity contribution < 1.29 is 27.8 Å². The quantitative estimate of drug-likeness (QED) is 0.484. The molecule has 2 atom stereocenters. The number of aliphatic hydroxyl groups is 1. The number of aliphatic hydroxyl groups excluding tert-OH is 1. The van der Waals surface area contributed by atoms with E-state index >= 15 is 4.39 Å². The number of carbonyl (C=O) groups is 1. The van der Waals surface area contributed by atoms with Gasteiger partial charge < -0.3 is 14.7 Å². The zero-order chi connectivity index (χ0) is 24.7. The van der Waals surface area contributed by atoms with Crippen LogP contribution in [0.4, 0.5) is 29.3 Å². The number of aromatic nitrogens is 4. The Labute approximate surface area is 196 Å². The number of rotatable bonds is 6. The highest BCUT2D eigenvalue weighted by Crippen LogP contribution is 2.28. The SMILES string of the molecule is O=C1OC(CNC(O)C(F)F)CN1c1ccc(N2CCn3c(=O)c4nccnc4n3CC2)c(F)c1. The fourth-order valence-corrected chi connectivity index (χ4v) is 4.35. The maximum absolute atomic E-state index is 15.1. The standard InChI is InChI=1S/C21H22F3N7O4/c22-14-9-12(29-11-13(35-21(29)34)10-27-19(32)17(23)24)1-2-15(14)28-5-7-30-18-16(25-3-4-26-18)20(33)31(30)8-6-28/h1-4,9,13,17,19,27,32H,5-8,10-11H2. The van der Waals surface area contributed by atoms with Gasteiger partial charge in [0.25, 0.3) is 12.0 Å². The number of hydrogen-bond donors (Lipinski definition) is 2. The van der Waals surface area contributed by atoms with Crippen molar-refractivity contribution in [3.8, 4) is 0 Å². The van der Waals surface area contributed by atoms with Crippen LogP contribution in [0.25, 0.3) is 11.2 Å². The third-order valence-electron chi connectivity index (χ3n) is 6.07. The highest BCUT2D eigenvalue weighted by atomic mass is 19.3. The Morgan fingerprint density at radius 2 is 1.86 bits per heavy atom. The van der Waals surface area contributed by atoms with Gasteiger partial charge in [0.2, 0.25) is 0 Å². The Morgan fingerprint density at radius 1 is 1.11 bits per heavy atom. The minimum absolute atomic E-state index is 0.0107. The molecule has 1 aromatic carbocycles. The van der Waals surface area contributed by atoms with E-state index < -0.39 is 30.7 Å². The van der Waals surface area contributed by atoms with Gasteiger partial charge in [-0.15, -0.1) is 0 Å². The third kappa shape index (κ3) is 4.30. The van der Waals surface area contributed by atoms with Crippen LogP contribution in [0.15, 0.2) is 35.4 Å². The molecule has 0 radical (unpaired) electrons. The largest absolute Gasteiger partial charge is 0.443 e. The first-order valence-corrected chi connectivity index (χ1v) is 11.0. The molecule has 4 heterocycles. The van der Waals surface area contributed by atoms with E-state index in [4.69, 9.17) is 9.84 Å². The molecule has 5 rings (SSSR count). The molecule has 0 bridgehead atoms. The van der Waals surface area contributed by atoms with Crippen molar-refractivity contribution in [1.29, 1.82) is 0 Å². The van der Waals surface area contributed by atoms with E-state index in [0.717, 1.165) is 0 Å². The van der Waals surface area contributed by atoms with Gasteiger partial charge in [0.1, 0.15) is 11.9 Å². The number of carbonyl (C=O) groups excluding carboxylic acids is 1. The van der Waals surface area contributed by atoms with E-state index in [-0.39, 0.29) is 24.3 Å². The molecule has 14 heteroatoms. The molecule has 2 N–H and O–H groups in total. The van der Waals surface area contributed by atoms with Crippen LogP contribution in [0.1, 0.15) is 0 Å². The number of alkyl halides is 2. The molecule has 0 aliphatic carbocycles. The predicted octanol–water partition coefficient (Wildman–Crippen LogP) is 0.751. The van der Waals surface area contributed by atoms with E-state index in [2.05, 4.69) is 15.3 Å². The van der Waals surface area contributed by atoms with Crippen LogP contribution in [0.5, 0.6) is 0 Å². The Hall–Kier alpha value is -3.65. The molecule has 1 amide bonds. The molecule has 3 aromatic rings. The van der Waals surface area contributed by atoms with Crippen molar-refractivity contribution in [2.24, 2.45) is 0 Å². The third-order valence-corrected chi connectivity index (χ3v) is 6.07. The van der Waals surface area contributed by atoms with Gasteiger partial charge in [-0.25, -0.2) is 32.6 Å². The number of anilines is 2. The number of hydrogen-bond acceptors (Lipinski definition) is 8. The molecule has 2 aliphatic heterocycles. The summed E-state index contributed by atoms with van der Waals surface area (Å²) in [5.74, 6) is -0.562. The summed E-state index contributed by atoms with van der Waals surface area (Å²) in [5.41, 5.74) is 1.10. The monoisotopic (exact) mass is 493 g/mol. The molecular weight excluding hydrogens is 471 g/mol. The van der Waals surface area contributed by atoms with Crippen molar-refractivity contribution >= 4 is 28.6 Å². The maximum atomic E-state index is 15.1. The second-order valence-corrected chi connectivity index (χ2v) is 8.21. The lowest BCUT2D eigenvalue weighted by Crippen LogP contribution is -2.41. The first kappa shape index (κ1) is 23.1. The summed E-state index contributed by atoms with van der Waals surface area (Å²) in [6, 6.07) is 4.33. The summed E-state index contributed by atoms with van der Waals surface area (Å²) in [6.07, 6.45) is -3.54. The average Bonchev–Trinajstić information content (AvgIpc) is 3.24. The smallest absolute Gasteiger partial charge is 0.414 e. The topological polar surface area (TPSA) is 118 Å². The summed E-state index contributed by atoms with van der Waals surface area (Å²) in [4.78, 5) is 36.2. The van der Waals surface area contributed by atoms with E-state index in [0.29, 0.717) is 43.0 Å². The van der Waals surface area contributed by atoms with Gasteiger partial charge >= 0.3 is 6.09 Å². The zero-order valence-electron chi connectivity index (χ0n) is 18.4. The van der Waals surface area contributed by atoms with Crippen molar-refractivity contribution in [2.45, 2.75) is 31.8 Å². The second-order valence-electron chi connectivity index (χ2n) is 8.21. The molecule has 1 fully saturated rings. The van der Waals surface area contributed by atoms with E-state index in [1.807, 2.05) is 4.90 Å². The second kappa shape index (κ2) is 9.19. The number of fused-ring (bicyclic) bond motifs is 3. The summed E-state index contributed by atoms with van der Waals surface area (Å²) in [5, 5.41) is 11.4. The molecule has 11 nitrogen and oxygen atoms in total. The molecular formula is C21H22F3N7O4. The van der Waals surface area contributed by atoms with Gasteiger partial charge in [0.05, 0.1) is 31.0 Å². The number of halogens is 3. The molecule has 0 saturated carbocycles. The molecule has 2 aliphatic rings. The Balaban J connectivity index is 1.28. The first-order chi connectivity index (χ1) is 16.8. The van der Waals surface area contributed by atoms with Crippen LogP contribution < -0.4 is 20.7 Å². The first-order valence-electron chi connectivity index (χ1n) is 11.0. The van der Waals surface area contributed by atoms with E-state index in [1.54, 1.807) is 21.5 Å². The number of cyclic esters (lactones) is 1. The lowest BCUT2D eigenvalue weighted by Gasteiger charge is -2.23. The summed E-state index contributed by atoms with van der Waals surface area (Å²) in [6.45, 7) is 1.34. The fraction of sp³-hybridized carbons (Fsp3) is 0.429. The number of nitrogens with one attached hydrogen (secondary N) is 1. The minimum atomic E-state index is -2.97. The van der Waals surface area contributed by atoms with Crippen molar-refractivity contribution in [1.82, 2.24) is 24.6 Å². The van der Waals surface area contributed by atoms with E-state index in [1.165, 1.54) is 23.4 Å². The van der Waals surface area contributed by atoms with Gasteiger partial charge in [-0.2, -0.15) is 0 Å². The molecule has 186 valence electrons. The molecule has 1 saturated heterocycles. The maximum Gasteiger partial charge on any atom is 0.414 e. The van der Waals surface area contributed by atoms with Crippen LogP contribution in [0, 0.1) is 5.82 Å². The Morgan fingerprint density at radius 3 is 2.60 bits per heavy atom. The normalized spacial score (nSPS) is 19.2. The summed E-state index contributed by atoms with van der Waals surface area (Å²) < 4.78 is 48.4. The van der Waals surface area contributed by atoms with Crippen molar-refractivity contribution in [2.75, 3.05) is 36.0 Å². The van der Waals surface area contributed by atoms with Gasteiger partial charge in [-0.1, -0.05) is 0 Å². The summed E-state index contributed by atoms with van der Waals surface area (Å²) >= 11 is 0. The van der Waals surface area contributed by atoms with Gasteiger partial charge in [0, 0.05) is 32.0 Å². The van der Waals surface area contributed by atoms with Gasteiger partial charge in [0.15, 0.2) is 17.4 Å². The molecule has 35 heavy (non-hydrogen) atoms. The minimum Gasteiger partial charge on any atom is -0.443 e. The lowest BCUT2D eigenvalue weighted by molar-refractivity contribution is -0.0286. The van der Waals surface area contributed by atoms with Crippen LogP contribution in [0.3, 0.4) is 0 Å². The Kier molecular flexibility index (Phi) is 6.06. The number of ether oxygens (including phenoxy) is 1. The van der Waals surface area contributed by atoms with Crippen LogP contribution >= 0.6 is 0 Å². The fourth-order valence-electron chi connectivity index (χ4n) is 4.35. The number of benzene rings is 1. The van der Waals surface area contributed by atoms with Crippen LogP contribution in [-0.4, -0.2) is 75.5 Å².